The van der Waals surface area contributed by atoms with Crippen molar-refractivity contribution in [1.29, 1.82) is 0 Å². The van der Waals surface area contributed by atoms with Gasteiger partial charge in [0.2, 0.25) is 0 Å². The van der Waals surface area contributed by atoms with E-state index in [1.54, 1.807) is 20.0 Å². The van der Waals surface area contributed by atoms with Gasteiger partial charge in [-0.3, -0.25) is 9.48 Å². The SMILES string of the molecule is Cc1cc(C(=O)NCC(C)(O)CO)n(C)n1. The predicted octanol–water partition coefficient (Wildman–Crippen LogP) is -0.798. The van der Waals surface area contributed by atoms with E-state index in [4.69, 9.17) is 5.11 Å². The Kier molecular flexibility index (Phi) is 3.66. The first kappa shape index (κ1) is 12.7. The summed E-state index contributed by atoms with van der Waals surface area (Å²) in [6, 6.07) is 1.66. The number of aryl methyl sites for hydroxylation is 2. The lowest BCUT2D eigenvalue weighted by Crippen LogP contribution is -2.43. The number of nitrogens with one attached hydrogen (secondary N) is 1. The number of aliphatic hydroxyl groups excluding tert-OH is 1. The Labute approximate surface area is 93.9 Å². The van der Waals surface area contributed by atoms with Crippen molar-refractivity contribution in [1.82, 2.24) is 15.1 Å². The molecule has 0 fully saturated rings. The Morgan fingerprint density at radius 2 is 2.31 bits per heavy atom. The van der Waals surface area contributed by atoms with Crippen LogP contribution in [0.25, 0.3) is 0 Å². The molecule has 0 aliphatic heterocycles. The molecule has 1 amide bonds. The first-order chi connectivity index (χ1) is 7.35. The molecule has 16 heavy (non-hydrogen) atoms. The molecule has 3 N–H and O–H groups in total. The van der Waals surface area contributed by atoms with Crippen LogP contribution >= 0.6 is 0 Å². The molecule has 0 radical (unpaired) electrons. The van der Waals surface area contributed by atoms with Crippen molar-refractivity contribution in [2.24, 2.45) is 7.05 Å². The third-order valence-corrected chi connectivity index (χ3v) is 2.21. The van der Waals surface area contributed by atoms with Crippen molar-refractivity contribution in [3.63, 3.8) is 0 Å². The molecular formula is C10H17N3O3. The Morgan fingerprint density at radius 3 is 2.75 bits per heavy atom. The van der Waals surface area contributed by atoms with Gasteiger partial charge in [0.05, 0.1) is 12.3 Å². The lowest BCUT2D eigenvalue weighted by molar-refractivity contribution is 0.00312. The van der Waals surface area contributed by atoms with Crippen LogP contribution in [-0.4, -0.2) is 44.7 Å². The monoisotopic (exact) mass is 227 g/mol. The molecule has 0 spiro atoms. The molecule has 1 unspecified atom stereocenters. The third-order valence-electron chi connectivity index (χ3n) is 2.21. The van der Waals surface area contributed by atoms with Crippen LogP contribution in [0.1, 0.15) is 23.1 Å². The molecule has 1 aromatic heterocycles. The normalized spacial score (nSPS) is 14.6. The smallest absolute Gasteiger partial charge is 0.269 e. The van der Waals surface area contributed by atoms with Crippen molar-refractivity contribution in [3.05, 3.63) is 17.5 Å². The molecule has 0 bridgehead atoms. The first-order valence-electron chi connectivity index (χ1n) is 4.98. The van der Waals surface area contributed by atoms with Gasteiger partial charge in [-0.2, -0.15) is 5.10 Å². The van der Waals surface area contributed by atoms with Crippen LogP contribution in [0.15, 0.2) is 6.07 Å². The second kappa shape index (κ2) is 4.63. The van der Waals surface area contributed by atoms with Crippen molar-refractivity contribution < 1.29 is 15.0 Å². The maximum absolute atomic E-state index is 11.7. The summed E-state index contributed by atoms with van der Waals surface area (Å²) in [6.07, 6.45) is 0. The highest BCUT2D eigenvalue weighted by molar-refractivity contribution is 5.92. The van der Waals surface area contributed by atoms with Gasteiger partial charge in [0.15, 0.2) is 0 Å². The average molecular weight is 227 g/mol. The van der Waals surface area contributed by atoms with Crippen molar-refractivity contribution in [2.75, 3.05) is 13.2 Å². The first-order valence-corrected chi connectivity index (χ1v) is 4.98. The molecule has 6 heteroatoms. The molecule has 1 atom stereocenters. The van der Waals surface area contributed by atoms with Gasteiger partial charge in [-0.15, -0.1) is 0 Å². The number of amides is 1. The van der Waals surface area contributed by atoms with Crippen LogP contribution in [-0.2, 0) is 7.05 Å². The molecule has 90 valence electrons. The minimum atomic E-state index is -1.30. The van der Waals surface area contributed by atoms with Gasteiger partial charge in [0.1, 0.15) is 11.3 Å². The number of hydrogen-bond acceptors (Lipinski definition) is 4. The van der Waals surface area contributed by atoms with Crippen LogP contribution in [0.3, 0.4) is 0 Å². The second-order valence-electron chi connectivity index (χ2n) is 4.13. The van der Waals surface area contributed by atoms with E-state index in [2.05, 4.69) is 10.4 Å². The van der Waals surface area contributed by atoms with Gasteiger partial charge >= 0.3 is 0 Å². The van der Waals surface area contributed by atoms with E-state index in [0.717, 1.165) is 5.69 Å². The molecule has 0 aliphatic rings. The largest absolute Gasteiger partial charge is 0.393 e. The van der Waals surface area contributed by atoms with Gasteiger partial charge in [0.25, 0.3) is 5.91 Å². The summed E-state index contributed by atoms with van der Waals surface area (Å²) < 4.78 is 1.47. The maximum Gasteiger partial charge on any atom is 0.269 e. The minimum Gasteiger partial charge on any atom is -0.393 e. The quantitative estimate of drug-likeness (QED) is 0.628. The van der Waals surface area contributed by atoms with E-state index < -0.39 is 12.2 Å². The average Bonchev–Trinajstić information content (AvgIpc) is 2.54. The predicted molar refractivity (Wildman–Crippen MR) is 58.0 cm³/mol. The summed E-state index contributed by atoms with van der Waals surface area (Å²) >= 11 is 0. The lowest BCUT2D eigenvalue weighted by atomic mass is 10.1. The summed E-state index contributed by atoms with van der Waals surface area (Å²) in [5.74, 6) is -0.322. The van der Waals surface area contributed by atoms with Crippen molar-refractivity contribution >= 4 is 5.91 Å². The zero-order chi connectivity index (χ0) is 12.3. The van der Waals surface area contributed by atoms with E-state index in [1.165, 1.54) is 11.6 Å². The molecule has 0 aromatic carbocycles. The summed E-state index contributed by atoms with van der Waals surface area (Å²) in [5.41, 5.74) is -0.128. The number of carbonyl (C=O) groups is 1. The van der Waals surface area contributed by atoms with Gasteiger partial charge in [-0.05, 0) is 19.9 Å². The van der Waals surface area contributed by atoms with Crippen LogP contribution in [0.5, 0.6) is 0 Å². The zero-order valence-corrected chi connectivity index (χ0v) is 9.69. The molecule has 1 heterocycles. The molecule has 0 saturated carbocycles. The molecule has 1 rings (SSSR count). The van der Waals surface area contributed by atoms with Crippen molar-refractivity contribution in [3.8, 4) is 0 Å². The molecule has 1 aromatic rings. The fraction of sp³-hybridized carbons (Fsp3) is 0.600. The van der Waals surface area contributed by atoms with Crippen LogP contribution in [0, 0.1) is 6.92 Å². The summed E-state index contributed by atoms with van der Waals surface area (Å²) in [6.45, 7) is 2.83. The molecular weight excluding hydrogens is 210 g/mol. The fourth-order valence-electron chi connectivity index (χ4n) is 1.24. The summed E-state index contributed by atoms with van der Waals surface area (Å²) in [4.78, 5) is 11.7. The summed E-state index contributed by atoms with van der Waals surface area (Å²) in [7, 11) is 1.67. The maximum atomic E-state index is 11.7. The van der Waals surface area contributed by atoms with E-state index in [9.17, 15) is 9.90 Å². The Balaban J connectivity index is 2.63. The highest BCUT2D eigenvalue weighted by Crippen LogP contribution is 2.03. The number of carbonyl (C=O) groups excluding carboxylic acids is 1. The second-order valence-corrected chi connectivity index (χ2v) is 4.13. The standard InChI is InChI=1S/C10H17N3O3/c1-7-4-8(13(3)12-7)9(15)11-5-10(2,16)6-14/h4,14,16H,5-6H2,1-3H3,(H,11,15). The number of nitrogens with zero attached hydrogens (tertiary/aromatic N) is 2. The van der Waals surface area contributed by atoms with Crippen LogP contribution in [0.2, 0.25) is 0 Å². The van der Waals surface area contributed by atoms with Gasteiger partial charge in [0, 0.05) is 13.6 Å². The van der Waals surface area contributed by atoms with E-state index in [1.807, 2.05) is 0 Å². The van der Waals surface area contributed by atoms with Gasteiger partial charge < -0.3 is 15.5 Å². The van der Waals surface area contributed by atoms with Crippen LogP contribution in [0.4, 0.5) is 0 Å². The van der Waals surface area contributed by atoms with Gasteiger partial charge in [-0.25, -0.2) is 0 Å². The van der Waals surface area contributed by atoms with Crippen LogP contribution < -0.4 is 5.32 Å². The Bertz CT molecular complexity index is 385. The summed E-state index contributed by atoms with van der Waals surface area (Å²) in [5, 5.41) is 24.9. The number of aliphatic hydroxyl groups is 2. The molecule has 6 nitrogen and oxygen atoms in total. The van der Waals surface area contributed by atoms with E-state index in [-0.39, 0.29) is 12.5 Å². The zero-order valence-electron chi connectivity index (χ0n) is 9.69. The lowest BCUT2D eigenvalue weighted by Gasteiger charge is -2.20. The van der Waals surface area contributed by atoms with Crippen molar-refractivity contribution in [2.45, 2.75) is 19.4 Å². The number of hydrogen-bond donors (Lipinski definition) is 3. The molecule has 0 aliphatic carbocycles. The topological polar surface area (TPSA) is 87.4 Å². The Hall–Kier alpha value is -1.40. The van der Waals surface area contributed by atoms with E-state index in [0.29, 0.717) is 5.69 Å². The minimum absolute atomic E-state index is 0.00738. The number of rotatable bonds is 4. The Morgan fingerprint density at radius 1 is 1.69 bits per heavy atom. The van der Waals surface area contributed by atoms with E-state index >= 15 is 0 Å². The molecule has 0 saturated heterocycles. The third kappa shape index (κ3) is 3.04. The number of aromatic nitrogens is 2. The van der Waals surface area contributed by atoms with Gasteiger partial charge in [-0.1, -0.05) is 0 Å². The highest BCUT2D eigenvalue weighted by Gasteiger charge is 2.21. The highest BCUT2D eigenvalue weighted by atomic mass is 16.3. The fourth-order valence-corrected chi connectivity index (χ4v) is 1.24.